The van der Waals surface area contributed by atoms with Gasteiger partial charge in [-0.15, -0.1) is 0 Å². The maximum Gasteiger partial charge on any atom is 0.481 e. The van der Waals surface area contributed by atoms with Gasteiger partial charge < -0.3 is 12.9 Å². The summed E-state index contributed by atoms with van der Waals surface area (Å²) >= 11 is 0. The largest absolute Gasteiger partial charge is 0.481 e. The van der Waals surface area contributed by atoms with Crippen molar-refractivity contribution in [2.75, 3.05) is 0 Å². The van der Waals surface area contributed by atoms with Gasteiger partial charge in [-0.25, -0.2) is 4.39 Å². The molecule has 0 aromatic rings. The Morgan fingerprint density at radius 1 is 1.00 bits per heavy atom. The van der Waals surface area contributed by atoms with Crippen molar-refractivity contribution in [1.82, 2.24) is 0 Å². The first-order valence-electron chi connectivity index (χ1n) is 4.25. The molecule has 0 heterocycles. The predicted octanol–water partition coefficient (Wildman–Crippen LogP) is 3.12. The molecule has 0 aromatic carbocycles. The molecule has 5 heteroatoms. The smallest absolute Gasteiger partial charge is 0.449 e. The van der Waals surface area contributed by atoms with Gasteiger partial charge in [0.1, 0.15) is 6.17 Å². The first-order valence-corrected chi connectivity index (χ1v) is 4.25. The second-order valence-electron chi connectivity index (χ2n) is 4.30. The van der Waals surface area contributed by atoms with Crippen molar-refractivity contribution < 1.29 is 17.3 Å². The van der Waals surface area contributed by atoms with Crippen LogP contribution in [0, 0.1) is 5.41 Å². The summed E-state index contributed by atoms with van der Waals surface area (Å²) < 4.78 is 48.6. The van der Waals surface area contributed by atoms with Gasteiger partial charge in [0.2, 0.25) is 0 Å². The zero-order valence-electron chi connectivity index (χ0n) is 6.57. The van der Waals surface area contributed by atoms with Crippen molar-refractivity contribution in [3.8, 4) is 0 Å². The van der Waals surface area contributed by atoms with Crippen LogP contribution in [0.2, 0.25) is 5.82 Å². The van der Waals surface area contributed by atoms with Crippen LogP contribution in [0.5, 0.6) is 0 Å². The fraction of sp³-hybridized carbons (Fsp3) is 1.00. The topological polar surface area (TPSA) is 0 Å². The molecule has 0 saturated heterocycles. The second-order valence-corrected chi connectivity index (χ2v) is 4.30. The highest BCUT2D eigenvalue weighted by molar-refractivity contribution is 6.60. The molecule has 0 unspecified atom stereocenters. The lowest BCUT2D eigenvalue weighted by atomic mass is 9.43. The van der Waals surface area contributed by atoms with Crippen molar-refractivity contribution in [2.24, 2.45) is 5.41 Å². The molecule has 2 saturated carbocycles. The lowest BCUT2D eigenvalue weighted by molar-refractivity contribution is -0.0477. The van der Waals surface area contributed by atoms with Gasteiger partial charge in [0.25, 0.3) is 0 Å². The van der Waals surface area contributed by atoms with Crippen molar-refractivity contribution in [2.45, 2.75) is 37.7 Å². The summed E-state index contributed by atoms with van der Waals surface area (Å²) in [6.45, 7) is -4.65. The quantitative estimate of drug-likeness (QED) is 0.430. The Bertz CT molecular complexity index is 186. The number of alkyl halides is 1. The van der Waals surface area contributed by atoms with E-state index in [0.29, 0.717) is 12.8 Å². The fourth-order valence-corrected chi connectivity index (χ4v) is 2.53. The standard InChI is InChI=1S/C7H10BF4/c9-6-3-7(4-6)1-5(2-7)8(10,11)12/h5-6H,1-4H2/q-1. The number of rotatable bonds is 1. The van der Waals surface area contributed by atoms with Gasteiger partial charge in [-0.1, -0.05) is 18.7 Å². The van der Waals surface area contributed by atoms with E-state index in [-0.39, 0.29) is 18.3 Å². The molecule has 1 spiro atoms. The first-order chi connectivity index (χ1) is 5.41. The molecule has 2 aliphatic rings. The molecular weight excluding hydrogens is 171 g/mol. The van der Waals surface area contributed by atoms with E-state index < -0.39 is 19.0 Å². The summed E-state index contributed by atoms with van der Waals surface area (Å²) in [4.78, 5) is 0. The number of hydrogen-bond acceptors (Lipinski definition) is 0. The highest BCUT2D eigenvalue weighted by Crippen LogP contribution is 2.64. The average molecular weight is 181 g/mol. The Morgan fingerprint density at radius 3 is 1.83 bits per heavy atom. The molecular formula is C7H10BF4-. The van der Waals surface area contributed by atoms with E-state index in [0.717, 1.165) is 0 Å². The summed E-state index contributed by atoms with van der Waals surface area (Å²) in [6, 6.07) is 0. The molecule has 0 aliphatic heterocycles. The first kappa shape index (κ1) is 8.39. The van der Waals surface area contributed by atoms with E-state index in [1.807, 2.05) is 0 Å². The lowest BCUT2D eigenvalue weighted by Gasteiger charge is -2.58. The van der Waals surface area contributed by atoms with E-state index in [1.54, 1.807) is 0 Å². The molecule has 12 heavy (non-hydrogen) atoms. The maximum absolute atomic E-state index is 12.4. The van der Waals surface area contributed by atoms with E-state index >= 15 is 0 Å². The van der Waals surface area contributed by atoms with Crippen LogP contribution in [0.25, 0.3) is 0 Å². The minimum Gasteiger partial charge on any atom is -0.449 e. The molecule has 0 aromatic heterocycles. The van der Waals surface area contributed by atoms with Crippen LogP contribution < -0.4 is 0 Å². The van der Waals surface area contributed by atoms with Crippen LogP contribution in [-0.4, -0.2) is 13.1 Å². The van der Waals surface area contributed by atoms with E-state index in [9.17, 15) is 17.3 Å². The molecule has 2 aliphatic carbocycles. The zero-order chi connectivity index (χ0) is 8.98. The van der Waals surface area contributed by atoms with Crippen LogP contribution >= 0.6 is 0 Å². The van der Waals surface area contributed by atoms with Crippen molar-refractivity contribution in [3.63, 3.8) is 0 Å². The molecule has 0 N–H and O–H groups in total. The van der Waals surface area contributed by atoms with Gasteiger partial charge in [0.05, 0.1) is 0 Å². The van der Waals surface area contributed by atoms with Crippen LogP contribution in [0.15, 0.2) is 0 Å². The highest BCUT2D eigenvalue weighted by atomic mass is 19.4. The van der Waals surface area contributed by atoms with E-state index in [4.69, 9.17) is 0 Å². The van der Waals surface area contributed by atoms with Crippen LogP contribution in [-0.2, 0) is 0 Å². The Kier molecular flexibility index (Phi) is 1.52. The maximum atomic E-state index is 12.4. The molecule has 0 nitrogen and oxygen atoms in total. The predicted molar refractivity (Wildman–Crippen MR) is 38.6 cm³/mol. The summed E-state index contributed by atoms with van der Waals surface area (Å²) in [7, 11) is 0. The highest BCUT2D eigenvalue weighted by Gasteiger charge is 2.57. The van der Waals surface area contributed by atoms with E-state index in [1.165, 1.54) is 0 Å². The van der Waals surface area contributed by atoms with Crippen molar-refractivity contribution >= 4 is 6.98 Å². The molecule has 0 amide bonds. The van der Waals surface area contributed by atoms with Gasteiger partial charge in [-0.3, -0.25) is 0 Å². The van der Waals surface area contributed by atoms with Crippen molar-refractivity contribution in [3.05, 3.63) is 0 Å². The summed E-state index contributed by atoms with van der Waals surface area (Å²) in [5.74, 6) is -1.09. The lowest BCUT2D eigenvalue weighted by Crippen LogP contribution is -2.51. The third-order valence-corrected chi connectivity index (χ3v) is 3.23. The van der Waals surface area contributed by atoms with Gasteiger partial charge in [-0.2, -0.15) is 0 Å². The van der Waals surface area contributed by atoms with Gasteiger partial charge >= 0.3 is 6.98 Å². The zero-order valence-corrected chi connectivity index (χ0v) is 6.57. The third-order valence-electron chi connectivity index (χ3n) is 3.23. The summed E-state index contributed by atoms with van der Waals surface area (Å²) in [6.07, 6.45) is 0.297. The van der Waals surface area contributed by atoms with Crippen LogP contribution in [0.3, 0.4) is 0 Å². The molecule has 0 atom stereocenters. The second kappa shape index (κ2) is 2.18. The van der Waals surface area contributed by atoms with Gasteiger partial charge in [-0.05, 0) is 18.3 Å². The minimum absolute atomic E-state index is 0.191. The molecule has 2 fully saturated rings. The Labute approximate surface area is 68.4 Å². The van der Waals surface area contributed by atoms with Crippen molar-refractivity contribution in [1.29, 1.82) is 0 Å². The average Bonchev–Trinajstić information content (AvgIpc) is 1.71. The Hall–Kier alpha value is -0.215. The fourth-order valence-electron chi connectivity index (χ4n) is 2.53. The Morgan fingerprint density at radius 2 is 1.50 bits per heavy atom. The minimum atomic E-state index is -4.65. The summed E-state index contributed by atoms with van der Waals surface area (Å²) in [5, 5.41) is 0. The van der Waals surface area contributed by atoms with Gasteiger partial charge in [0.15, 0.2) is 0 Å². The van der Waals surface area contributed by atoms with E-state index in [2.05, 4.69) is 0 Å². The molecule has 0 radical (unpaired) electrons. The van der Waals surface area contributed by atoms with Gasteiger partial charge in [0, 0.05) is 0 Å². The Balaban J connectivity index is 1.85. The number of halogens is 4. The normalized spacial score (nSPS) is 47.0. The van der Waals surface area contributed by atoms with Crippen LogP contribution in [0.4, 0.5) is 17.3 Å². The third kappa shape index (κ3) is 1.14. The molecule has 0 bridgehead atoms. The number of hydrogen-bond donors (Lipinski definition) is 0. The molecule has 2 rings (SSSR count). The monoisotopic (exact) mass is 181 g/mol. The van der Waals surface area contributed by atoms with Crippen LogP contribution in [0.1, 0.15) is 25.7 Å². The summed E-state index contributed by atoms with van der Waals surface area (Å²) in [5.41, 5.74) is -0.235. The SMILES string of the molecule is FC1CC2(C1)CC([B-](F)(F)F)C2. The molecule has 70 valence electrons.